The predicted octanol–water partition coefficient (Wildman–Crippen LogP) is 3.05. The van der Waals surface area contributed by atoms with Crippen LogP contribution >= 0.6 is 15.9 Å². The smallest absolute Gasteiger partial charge is 0.160 e. The summed E-state index contributed by atoms with van der Waals surface area (Å²) in [6.07, 6.45) is 0. The summed E-state index contributed by atoms with van der Waals surface area (Å²) in [6.45, 7) is 4.18. The van der Waals surface area contributed by atoms with E-state index in [1.807, 2.05) is 7.05 Å². The molecule has 2 aromatic rings. The Balaban J connectivity index is 2.67. The molecule has 16 heavy (non-hydrogen) atoms. The van der Waals surface area contributed by atoms with Crippen LogP contribution in [0.1, 0.15) is 11.1 Å². The molecule has 0 saturated carbocycles. The summed E-state index contributed by atoms with van der Waals surface area (Å²) >= 11 is 3.48. The first-order valence-electron chi connectivity index (χ1n) is 5.06. The molecule has 1 aromatic carbocycles. The van der Waals surface area contributed by atoms with Gasteiger partial charge in [-0.2, -0.15) is 5.10 Å². The van der Waals surface area contributed by atoms with Gasteiger partial charge in [0.25, 0.3) is 0 Å². The van der Waals surface area contributed by atoms with Crippen LogP contribution in [0.2, 0.25) is 0 Å². The Morgan fingerprint density at radius 2 is 2.00 bits per heavy atom. The van der Waals surface area contributed by atoms with Crippen molar-refractivity contribution in [3.05, 3.63) is 33.8 Å². The van der Waals surface area contributed by atoms with Crippen molar-refractivity contribution in [3.8, 4) is 11.3 Å². The molecule has 2 rings (SSSR count). The number of nitrogens with zero attached hydrogens (tertiary/aromatic N) is 2. The third kappa shape index (κ3) is 1.73. The van der Waals surface area contributed by atoms with Crippen LogP contribution in [0.4, 0.5) is 5.82 Å². The van der Waals surface area contributed by atoms with Crippen molar-refractivity contribution < 1.29 is 0 Å². The average molecular weight is 280 g/mol. The zero-order chi connectivity index (χ0) is 11.9. The van der Waals surface area contributed by atoms with E-state index in [0.29, 0.717) is 5.82 Å². The fourth-order valence-corrected chi connectivity index (χ4v) is 2.44. The van der Waals surface area contributed by atoms with Crippen molar-refractivity contribution in [2.75, 3.05) is 5.73 Å². The Morgan fingerprint density at radius 1 is 1.31 bits per heavy atom. The average Bonchev–Trinajstić information content (AvgIpc) is 2.43. The molecule has 1 aromatic heterocycles. The van der Waals surface area contributed by atoms with Gasteiger partial charge in [0.2, 0.25) is 0 Å². The lowest BCUT2D eigenvalue weighted by Gasteiger charge is -2.07. The van der Waals surface area contributed by atoms with Crippen LogP contribution in [-0.4, -0.2) is 9.78 Å². The Kier molecular flexibility index (Phi) is 2.76. The van der Waals surface area contributed by atoms with E-state index < -0.39 is 0 Å². The molecule has 0 bridgehead atoms. The molecular weight excluding hydrogens is 266 g/mol. The lowest BCUT2D eigenvalue weighted by Crippen LogP contribution is -1.96. The topological polar surface area (TPSA) is 43.8 Å². The van der Waals surface area contributed by atoms with E-state index in [2.05, 4.69) is 53.1 Å². The molecule has 1 heterocycles. The van der Waals surface area contributed by atoms with Gasteiger partial charge in [-0.15, -0.1) is 0 Å². The van der Waals surface area contributed by atoms with Gasteiger partial charge in [0, 0.05) is 12.6 Å². The van der Waals surface area contributed by atoms with Gasteiger partial charge in [-0.25, -0.2) is 0 Å². The van der Waals surface area contributed by atoms with Crippen LogP contribution in [0, 0.1) is 13.8 Å². The largest absolute Gasteiger partial charge is 0.381 e. The Bertz CT molecular complexity index is 543. The normalized spacial score (nSPS) is 10.8. The van der Waals surface area contributed by atoms with Crippen LogP contribution in [0.3, 0.4) is 0 Å². The highest BCUT2D eigenvalue weighted by Gasteiger charge is 2.14. The first-order valence-corrected chi connectivity index (χ1v) is 5.85. The van der Waals surface area contributed by atoms with Crippen LogP contribution in [0.25, 0.3) is 11.3 Å². The van der Waals surface area contributed by atoms with E-state index in [4.69, 9.17) is 5.73 Å². The summed E-state index contributed by atoms with van der Waals surface area (Å²) in [5, 5.41) is 4.20. The van der Waals surface area contributed by atoms with Crippen molar-refractivity contribution in [1.29, 1.82) is 0 Å². The number of nitrogens with two attached hydrogens (primary N) is 1. The SMILES string of the molecule is Cc1ccc(-c2c(Br)c(N)nn2C)c(C)c1. The minimum absolute atomic E-state index is 0.525. The molecule has 0 aliphatic heterocycles. The summed E-state index contributed by atoms with van der Waals surface area (Å²) in [6, 6.07) is 6.36. The number of hydrogen-bond donors (Lipinski definition) is 1. The lowest BCUT2D eigenvalue weighted by atomic mass is 10.0. The standard InChI is InChI=1S/C12H14BrN3/c1-7-4-5-9(8(2)6-7)11-10(13)12(14)15-16(11)3/h4-6H,1-3H3,(H2,14,15). The maximum atomic E-state index is 5.78. The van der Waals surface area contributed by atoms with Gasteiger partial charge in [-0.3, -0.25) is 4.68 Å². The summed E-state index contributed by atoms with van der Waals surface area (Å²) in [4.78, 5) is 0. The number of anilines is 1. The molecule has 4 heteroatoms. The van der Waals surface area contributed by atoms with Gasteiger partial charge in [0.15, 0.2) is 5.82 Å². The van der Waals surface area contributed by atoms with Crippen molar-refractivity contribution in [2.24, 2.45) is 7.05 Å². The Hall–Kier alpha value is -1.29. The highest BCUT2D eigenvalue weighted by atomic mass is 79.9. The van der Waals surface area contributed by atoms with E-state index in [-0.39, 0.29) is 0 Å². The number of halogens is 1. The fraction of sp³-hybridized carbons (Fsp3) is 0.250. The van der Waals surface area contributed by atoms with Gasteiger partial charge in [0.05, 0.1) is 10.2 Å². The monoisotopic (exact) mass is 279 g/mol. The molecular formula is C12H14BrN3. The maximum Gasteiger partial charge on any atom is 0.160 e. The molecule has 0 saturated heterocycles. The third-order valence-corrected chi connectivity index (χ3v) is 3.43. The molecule has 2 N–H and O–H groups in total. The molecule has 0 aliphatic carbocycles. The first kappa shape index (κ1) is 11.2. The molecule has 3 nitrogen and oxygen atoms in total. The van der Waals surface area contributed by atoms with Crippen molar-refractivity contribution >= 4 is 21.7 Å². The summed E-state index contributed by atoms with van der Waals surface area (Å²) < 4.78 is 2.67. The molecule has 0 aliphatic rings. The van der Waals surface area contributed by atoms with Gasteiger partial charge >= 0.3 is 0 Å². The molecule has 0 radical (unpaired) electrons. The molecule has 0 fully saturated rings. The number of benzene rings is 1. The highest BCUT2D eigenvalue weighted by molar-refractivity contribution is 9.10. The number of nitrogen functional groups attached to an aromatic ring is 1. The number of aromatic nitrogens is 2. The molecule has 0 amide bonds. The summed E-state index contributed by atoms with van der Waals surface area (Å²) in [5.41, 5.74) is 10.4. The van der Waals surface area contributed by atoms with E-state index in [9.17, 15) is 0 Å². The second kappa shape index (κ2) is 3.94. The Labute approximate surface area is 103 Å². The summed E-state index contributed by atoms with van der Waals surface area (Å²) in [7, 11) is 1.90. The molecule has 0 atom stereocenters. The Morgan fingerprint density at radius 3 is 2.50 bits per heavy atom. The van der Waals surface area contributed by atoms with Crippen LogP contribution < -0.4 is 5.73 Å². The maximum absolute atomic E-state index is 5.78. The van der Waals surface area contributed by atoms with Crippen LogP contribution in [0.15, 0.2) is 22.7 Å². The van der Waals surface area contributed by atoms with Crippen LogP contribution in [0.5, 0.6) is 0 Å². The van der Waals surface area contributed by atoms with E-state index in [1.165, 1.54) is 11.1 Å². The van der Waals surface area contributed by atoms with E-state index in [0.717, 1.165) is 15.7 Å². The van der Waals surface area contributed by atoms with Crippen LogP contribution in [-0.2, 0) is 7.05 Å². The van der Waals surface area contributed by atoms with E-state index in [1.54, 1.807) is 4.68 Å². The van der Waals surface area contributed by atoms with Gasteiger partial charge in [-0.05, 0) is 35.3 Å². The molecule has 0 unspecified atom stereocenters. The zero-order valence-corrected chi connectivity index (χ0v) is 11.2. The van der Waals surface area contributed by atoms with Crippen molar-refractivity contribution in [2.45, 2.75) is 13.8 Å². The number of hydrogen-bond acceptors (Lipinski definition) is 2. The van der Waals surface area contributed by atoms with Crippen molar-refractivity contribution in [3.63, 3.8) is 0 Å². The highest BCUT2D eigenvalue weighted by Crippen LogP contribution is 2.34. The number of aryl methyl sites for hydroxylation is 3. The second-order valence-corrected chi connectivity index (χ2v) is 4.78. The zero-order valence-electron chi connectivity index (χ0n) is 9.58. The number of rotatable bonds is 1. The quantitative estimate of drug-likeness (QED) is 0.872. The van der Waals surface area contributed by atoms with E-state index >= 15 is 0 Å². The summed E-state index contributed by atoms with van der Waals surface area (Å²) in [5.74, 6) is 0.525. The first-order chi connectivity index (χ1) is 7.50. The van der Waals surface area contributed by atoms with Crippen molar-refractivity contribution in [1.82, 2.24) is 9.78 Å². The minimum Gasteiger partial charge on any atom is -0.381 e. The van der Waals surface area contributed by atoms with Gasteiger partial charge in [0.1, 0.15) is 0 Å². The molecule has 0 spiro atoms. The van der Waals surface area contributed by atoms with Gasteiger partial charge < -0.3 is 5.73 Å². The second-order valence-electron chi connectivity index (χ2n) is 3.99. The third-order valence-electron chi connectivity index (χ3n) is 2.65. The fourth-order valence-electron chi connectivity index (χ4n) is 1.89. The predicted molar refractivity (Wildman–Crippen MR) is 70.2 cm³/mol. The lowest BCUT2D eigenvalue weighted by molar-refractivity contribution is 0.779. The molecule has 84 valence electrons. The van der Waals surface area contributed by atoms with Gasteiger partial charge in [-0.1, -0.05) is 23.8 Å². The minimum atomic E-state index is 0.525.